The molecule has 1 aliphatic carbocycles. The standard InChI is InChI=1S/C49H42N2/c1-5-37-22-24-38(25-23-37)34-49(4)47-28-26-43(50(39-16-8-6-9-17-39)41-20-12-14-35(2)30-41)32-45(47)46-33-44(27-29-48(46)49)51(40-18-10-7-11-19-40)42-21-13-15-36(3)31-42/h5-33H,1,34H2,2-4H3. The molecule has 0 spiro atoms. The summed E-state index contributed by atoms with van der Waals surface area (Å²) in [6, 6.07) is 62.0. The van der Waals surface area contributed by atoms with Crippen molar-refractivity contribution >= 4 is 40.2 Å². The maximum Gasteiger partial charge on any atom is 0.0468 e. The minimum Gasteiger partial charge on any atom is -0.310 e. The van der Waals surface area contributed by atoms with Gasteiger partial charge in [-0.3, -0.25) is 0 Å². The van der Waals surface area contributed by atoms with Crippen LogP contribution in [0.3, 0.4) is 0 Å². The molecule has 2 heteroatoms. The Hall–Kier alpha value is -6.12. The van der Waals surface area contributed by atoms with Gasteiger partial charge in [-0.2, -0.15) is 0 Å². The van der Waals surface area contributed by atoms with Crippen LogP contribution in [0.1, 0.15) is 40.3 Å². The second-order valence-electron chi connectivity index (χ2n) is 13.9. The zero-order valence-electron chi connectivity index (χ0n) is 29.6. The zero-order valence-corrected chi connectivity index (χ0v) is 29.6. The molecule has 0 amide bonds. The van der Waals surface area contributed by atoms with E-state index in [-0.39, 0.29) is 5.41 Å². The van der Waals surface area contributed by atoms with E-state index < -0.39 is 0 Å². The molecule has 248 valence electrons. The van der Waals surface area contributed by atoms with Crippen LogP contribution in [0.2, 0.25) is 0 Å². The van der Waals surface area contributed by atoms with Gasteiger partial charge in [0.2, 0.25) is 0 Å². The Morgan fingerprint density at radius 1 is 0.471 bits per heavy atom. The first-order valence-electron chi connectivity index (χ1n) is 17.8. The first kappa shape index (κ1) is 32.1. The largest absolute Gasteiger partial charge is 0.310 e. The molecular weight excluding hydrogens is 617 g/mol. The number of rotatable bonds is 9. The van der Waals surface area contributed by atoms with Crippen molar-refractivity contribution in [2.75, 3.05) is 9.80 Å². The van der Waals surface area contributed by atoms with Gasteiger partial charge in [-0.1, -0.05) is 117 Å². The van der Waals surface area contributed by atoms with Gasteiger partial charge in [-0.15, -0.1) is 0 Å². The van der Waals surface area contributed by atoms with Crippen LogP contribution in [0.25, 0.3) is 17.2 Å². The Bertz CT molecular complexity index is 2200. The SMILES string of the molecule is C=Cc1ccc(CC2(C)c3ccc(N(c4ccccc4)c4cccc(C)c4)cc3-c3cc(N(c4ccccc4)c4cccc(C)c4)ccc32)cc1. The minimum absolute atomic E-state index is 0.223. The van der Waals surface area contributed by atoms with Crippen LogP contribution < -0.4 is 9.80 Å². The topological polar surface area (TPSA) is 6.48 Å². The Balaban J connectivity index is 1.33. The molecule has 7 aromatic carbocycles. The smallest absolute Gasteiger partial charge is 0.0468 e. The predicted octanol–water partition coefficient (Wildman–Crippen LogP) is 13.4. The molecule has 0 bridgehead atoms. The maximum atomic E-state index is 3.97. The quantitative estimate of drug-likeness (QED) is 0.152. The summed E-state index contributed by atoms with van der Waals surface area (Å²) in [7, 11) is 0. The van der Waals surface area contributed by atoms with Crippen LogP contribution in [0.5, 0.6) is 0 Å². The molecule has 2 nitrogen and oxygen atoms in total. The first-order chi connectivity index (χ1) is 24.9. The Morgan fingerprint density at radius 2 is 0.902 bits per heavy atom. The van der Waals surface area contributed by atoms with E-state index in [4.69, 9.17) is 0 Å². The third kappa shape index (κ3) is 6.04. The van der Waals surface area contributed by atoms with Crippen molar-refractivity contribution in [3.63, 3.8) is 0 Å². The highest BCUT2D eigenvalue weighted by Gasteiger charge is 2.40. The molecule has 0 saturated carbocycles. The van der Waals surface area contributed by atoms with E-state index in [0.717, 1.165) is 46.1 Å². The number of benzene rings is 7. The molecular formula is C49H42N2. The van der Waals surface area contributed by atoms with Crippen LogP contribution in [0.4, 0.5) is 34.1 Å². The summed E-state index contributed by atoms with van der Waals surface area (Å²) < 4.78 is 0. The molecule has 0 aromatic heterocycles. The highest BCUT2D eigenvalue weighted by Crippen LogP contribution is 2.54. The van der Waals surface area contributed by atoms with E-state index in [1.54, 1.807) is 0 Å². The van der Waals surface area contributed by atoms with Gasteiger partial charge in [0.1, 0.15) is 0 Å². The van der Waals surface area contributed by atoms with Gasteiger partial charge in [0.05, 0.1) is 0 Å². The molecule has 0 heterocycles. The van der Waals surface area contributed by atoms with Crippen molar-refractivity contribution in [2.45, 2.75) is 32.6 Å². The molecule has 0 saturated heterocycles. The van der Waals surface area contributed by atoms with Crippen LogP contribution in [0, 0.1) is 13.8 Å². The van der Waals surface area contributed by atoms with Crippen molar-refractivity contribution in [1.82, 2.24) is 0 Å². The first-order valence-corrected chi connectivity index (χ1v) is 17.8. The summed E-state index contributed by atoms with van der Waals surface area (Å²) in [5, 5.41) is 0. The predicted molar refractivity (Wildman–Crippen MR) is 217 cm³/mol. The van der Waals surface area contributed by atoms with Crippen LogP contribution in [-0.2, 0) is 11.8 Å². The van der Waals surface area contributed by atoms with Gasteiger partial charge < -0.3 is 9.80 Å². The lowest BCUT2D eigenvalue weighted by molar-refractivity contribution is 0.583. The van der Waals surface area contributed by atoms with Gasteiger partial charge in [0, 0.05) is 39.5 Å². The Kier molecular flexibility index (Phi) is 8.37. The van der Waals surface area contributed by atoms with Crippen molar-refractivity contribution in [2.24, 2.45) is 0 Å². The summed E-state index contributed by atoms with van der Waals surface area (Å²) >= 11 is 0. The van der Waals surface area contributed by atoms with E-state index in [2.05, 4.69) is 207 Å². The highest BCUT2D eigenvalue weighted by atomic mass is 15.1. The molecule has 0 radical (unpaired) electrons. The number of hydrogen-bond acceptors (Lipinski definition) is 2. The van der Waals surface area contributed by atoms with E-state index in [1.807, 2.05) is 6.08 Å². The van der Waals surface area contributed by atoms with Crippen LogP contribution >= 0.6 is 0 Å². The van der Waals surface area contributed by atoms with Crippen LogP contribution in [-0.4, -0.2) is 0 Å². The van der Waals surface area contributed by atoms with Gasteiger partial charge in [0.15, 0.2) is 0 Å². The Labute approximate surface area is 302 Å². The number of aryl methyl sites for hydroxylation is 2. The zero-order chi connectivity index (χ0) is 35.0. The number of para-hydroxylation sites is 2. The van der Waals surface area contributed by atoms with Gasteiger partial charge in [-0.05, 0) is 138 Å². The fourth-order valence-corrected chi connectivity index (χ4v) is 7.85. The summed E-state index contributed by atoms with van der Waals surface area (Å²) in [6.07, 6.45) is 2.80. The lowest BCUT2D eigenvalue weighted by atomic mass is 9.75. The summed E-state index contributed by atoms with van der Waals surface area (Å²) in [5.74, 6) is 0. The summed E-state index contributed by atoms with van der Waals surface area (Å²) in [4.78, 5) is 4.76. The number of nitrogens with zero attached hydrogens (tertiary/aromatic N) is 2. The molecule has 0 atom stereocenters. The van der Waals surface area contributed by atoms with E-state index >= 15 is 0 Å². The van der Waals surface area contributed by atoms with Gasteiger partial charge >= 0.3 is 0 Å². The summed E-state index contributed by atoms with van der Waals surface area (Å²) in [5.41, 5.74) is 16.8. The van der Waals surface area contributed by atoms with Gasteiger partial charge in [0.25, 0.3) is 0 Å². The number of anilines is 6. The highest BCUT2D eigenvalue weighted by molar-refractivity contribution is 5.90. The molecule has 0 N–H and O–H groups in total. The third-order valence-electron chi connectivity index (χ3n) is 10.3. The molecule has 51 heavy (non-hydrogen) atoms. The van der Waals surface area contributed by atoms with Crippen molar-refractivity contribution in [1.29, 1.82) is 0 Å². The minimum atomic E-state index is -0.223. The second-order valence-corrected chi connectivity index (χ2v) is 13.9. The fourth-order valence-electron chi connectivity index (χ4n) is 7.85. The number of hydrogen-bond donors (Lipinski definition) is 0. The Morgan fingerprint density at radius 3 is 1.33 bits per heavy atom. The molecule has 7 aromatic rings. The molecule has 8 rings (SSSR count). The fraction of sp³-hybridized carbons (Fsp3) is 0.102. The van der Waals surface area contributed by atoms with Gasteiger partial charge in [-0.25, -0.2) is 0 Å². The lowest BCUT2D eigenvalue weighted by Crippen LogP contribution is -2.24. The lowest BCUT2D eigenvalue weighted by Gasteiger charge is -2.30. The molecule has 0 aliphatic heterocycles. The van der Waals surface area contributed by atoms with E-state index in [0.29, 0.717) is 0 Å². The third-order valence-corrected chi connectivity index (χ3v) is 10.3. The van der Waals surface area contributed by atoms with Crippen molar-refractivity contribution in [3.05, 3.63) is 210 Å². The average Bonchev–Trinajstić information content (AvgIpc) is 3.39. The normalized spacial score (nSPS) is 12.5. The molecule has 0 fully saturated rings. The molecule has 0 unspecified atom stereocenters. The summed E-state index contributed by atoms with van der Waals surface area (Å²) in [6.45, 7) is 10.7. The van der Waals surface area contributed by atoms with E-state index in [1.165, 1.54) is 38.9 Å². The second kappa shape index (κ2) is 13.3. The van der Waals surface area contributed by atoms with Crippen molar-refractivity contribution in [3.8, 4) is 11.1 Å². The molecule has 1 aliphatic rings. The monoisotopic (exact) mass is 658 g/mol. The van der Waals surface area contributed by atoms with E-state index in [9.17, 15) is 0 Å². The maximum absolute atomic E-state index is 3.97. The van der Waals surface area contributed by atoms with Crippen LogP contribution in [0.15, 0.2) is 176 Å². The van der Waals surface area contributed by atoms with Crippen molar-refractivity contribution < 1.29 is 0 Å². The average molecular weight is 659 g/mol. The number of fused-ring (bicyclic) bond motifs is 3.